The van der Waals surface area contributed by atoms with Gasteiger partial charge in [-0.3, -0.25) is 4.79 Å². The number of amides is 1. The van der Waals surface area contributed by atoms with Gasteiger partial charge in [-0.15, -0.1) is 12.4 Å². The number of rotatable bonds is 8. The molecule has 2 rings (SSSR count). The lowest BCUT2D eigenvalue weighted by Gasteiger charge is -2.21. The molecule has 0 fully saturated rings. The normalized spacial score (nSPS) is 12.6. The summed E-state index contributed by atoms with van der Waals surface area (Å²) >= 11 is 0. The third kappa shape index (κ3) is 6.40. The highest BCUT2D eigenvalue weighted by Gasteiger charge is 2.23. The number of hydrogen-bond acceptors (Lipinski definition) is 3. The Hall–Kier alpha value is -2.04. The first-order chi connectivity index (χ1) is 11.6. The van der Waals surface area contributed by atoms with Crippen LogP contribution in [0, 0.1) is 0 Å². The summed E-state index contributed by atoms with van der Waals surface area (Å²) in [6, 6.07) is 17.4. The Bertz CT molecular complexity index is 647. The number of carbonyl (C=O) groups excluding carboxylic acids is 1. The van der Waals surface area contributed by atoms with Gasteiger partial charge in [0, 0.05) is 18.2 Å². The smallest absolute Gasteiger partial charge is 0.265 e. The predicted molar refractivity (Wildman–Crippen MR) is 104 cm³/mol. The third-order valence-electron chi connectivity index (χ3n) is 3.84. The molecule has 0 aliphatic carbocycles. The topological polar surface area (TPSA) is 64.3 Å². The van der Waals surface area contributed by atoms with Crippen molar-refractivity contribution >= 4 is 18.3 Å². The molecule has 1 amide bonds. The second-order valence-corrected chi connectivity index (χ2v) is 5.93. The van der Waals surface area contributed by atoms with E-state index in [9.17, 15) is 4.79 Å². The van der Waals surface area contributed by atoms with Crippen molar-refractivity contribution in [2.24, 2.45) is 5.73 Å². The molecular formula is C20H27ClN2O2. The molecule has 2 unspecified atom stereocenters. The lowest BCUT2D eigenvalue weighted by Crippen LogP contribution is -2.35. The largest absolute Gasteiger partial charge is 0.476 e. The minimum absolute atomic E-state index is 0. The zero-order valence-electron chi connectivity index (χ0n) is 14.8. The molecular weight excluding hydrogens is 336 g/mol. The molecule has 0 saturated heterocycles. The van der Waals surface area contributed by atoms with Crippen LogP contribution in [0.1, 0.15) is 37.5 Å². The van der Waals surface area contributed by atoms with E-state index >= 15 is 0 Å². The zero-order chi connectivity index (χ0) is 17.4. The van der Waals surface area contributed by atoms with Crippen LogP contribution in [-0.4, -0.2) is 18.5 Å². The van der Waals surface area contributed by atoms with Crippen molar-refractivity contribution in [3.05, 3.63) is 65.7 Å². The van der Waals surface area contributed by atoms with E-state index in [2.05, 4.69) is 12.2 Å². The SMILES string of the molecule is CCc1ccccc1OC(C(=O)NCCC(C)N)c1ccccc1.Cl. The molecule has 3 N–H and O–H groups in total. The van der Waals surface area contributed by atoms with Crippen LogP contribution >= 0.6 is 12.4 Å². The van der Waals surface area contributed by atoms with Crippen LogP contribution in [-0.2, 0) is 11.2 Å². The van der Waals surface area contributed by atoms with Crippen molar-refractivity contribution in [3.8, 4) is 5.75 Å². The number of para-hydroxylation sites is 1. The highest BCUT2D eigenvalue weighted by Crippen LogP contribution is 2.26. The summed E-state index contributed by atoms with van der Waals surface area (Å²) in [7, 11) is 0. The van der Waals surface area contributed by atoms with Gasteiger partial charge in [0.25, 0.3) is 5.91 Å². The number of ether oxygens (including phenoxy) is 1. The van der Waals surface area contributed by atoms with E-state index in [0.29, 0.717) is 6.54 Å². The van der Waals surface area contributed by atoms with Crippen LogP contribution in [0.5, 0.6) is 5.75 Å². The molecule has 0 spiro atoms. The van der Waals surface area contributed by atoms with E-state index in [0.717, 1.165) is 29.7 Å². The van der Waals surface area contributed by atoms with Crippen LogP contribution in [0.25, 0.3) is 0 Å². The van der Waals surface area contributed by atoms with Crippen molar-refractivity contribution in [1.82, 2.24) is 5.32 Å². The summed E-state index contributed by atoms with van der Waals surface area (Å²) < 4.78 is 6.10. The molecule has 0 aromatic heterocycles. The van der Waals surface area contributed by atoms with Gasteiger partial charge in [0.1, 0.15) is 5.75 Å². The van der Waals surface area contributed by atoms with Gasteiger partial charge in [0.2, 0.25) is 6.10 Å². The van der Waals surface area contributed by atoms with Crippen LogP contribution < -0.4 is 15.8 Å². The summed E-state index contributed by atoms with van der Waals surface area (Å²) in [6.45, 7) is 4.54. The highest BCUT2D eigenvalue weighted by atomic mass is 35.5. The molecule has 0 bridgehead atoms. The molecule has 136 valence electrons. The third-order valence-corrected chi connectivity index (χ3v) is 3.84. The molecule has 0 heterocycles. The molecule has 0 aliphatic heterocycles. The summed E-state index contributed by atoms with van der Waals surface area (Å²) in [4.78, 5) is 12.7. The summed E-state index contributed by atoms with van der Waals surface area (Å²) in [5.41, 5.74) is 7.66. The van der Waals surface area contributed by atoms with Gasteiger partial charge in [-0.25, -0.2) is 0 Å². The molecule has 0 aliphatic rings. The van der Waals surface area contributed by atoms with Gasteiger partial charge in [0.15, 0.2) is 0 Å². The second-order valence-electron chi connectivity index (χ2n) is 5.93. The molecule has 5 heteroatoms. The molecule has 0 saturated carbocycles. The van der Waals surface area contributed by atoms with Gasteiger partial charge in [-0.1, -0.05) is 55.5 Å². The van der Waals surface area contributed by atoms with E-state index in [4.69, 9.17) is 10.5 Å². The molecule has 2 atom stereocenters. The lowest BCUT2D eigenvalue weighted by atomic mass is 10.1. The molecule has 4 nitrogen and oxygen atoms in total. The maximum atomic E-state index is 12.7. The van der Waals surface area contributed by atoms with E-state index < -0.39 is 6.10 Å². The van der Waals surface area contributed by atoms with Crippen LogP contribution in [0.3, 0.4) is 0 Å². The van der Waals surface area contributed by atoms with Gasteiger partial charge >= 0.3 is 0 Å². The van der Waals surface area contributed by atoms with Gasteiger partial charge in [-0.2, -0.15) is 0 Å². The number of benzene rings is 2. The molecule has 2 aromatic carbocycles. The Kier molecular flexibility index (Phi) is 9.03. The van der Waals surface area contributed by atoms with Crippen molar-refractivity contribution in [3.63, 3.8) is 0 Å². The fourth-order valence-corrected chi connectivity index (χ4v) is 2.45. The number of hydrogen-bond donors (Lipinski definition) is 2. The van der Waals surface area contributed by atoms with E-state index in [1.165, 1.54) is 0 Å². The first-order valence-corrected chi connectivity index (χ1v) is 8.44. The van der Waals surface area contributed by atoms with Crippen LogP contribution in [0.4, 0.5) is 0 Å². The Morgan fingerprint density at radius 3 is 2.40 bits per heavy atom. The predicted octanol–water partition coefficient (Wildman–Crippen LogP) is 3.64. The lowest BCUT2D eigenvalue weighted by molar-refractivity contribution is -0.128. The average Bonchev–Trinajstić information content (AvgIpc) is 2.60. The number of aryl methyl sites for hydroxylation is 1. The maximum absolute atomic E-state index is 12.7. The zero-order valence-corrected chi connectivity index (χ0v) is 15.6. The maximum Gasteiger partial charge on any atom is 0.265 e. The monoisotopic (exact) mass is 362 g/mol. The fraction of sp³-hybridized carbons (Fsp3) is 0.350. The van der Waals surface area contributed by atoms with Gasteiger partial charge in [-0.05, 0) is 31.4 Å². The summed E-state index contributed by atoms with van der Waals surface area (Å²) in [5.74, 6) is 0.601. The summed E-state index contributed by atoms with van der Waals surface area (Å²) in [5, 5.41) is 2.93. The van der Waals surface area contributed by atoms with Crippen LogP contribution in [0.2, 0.25) is 0 Å². The highest BCUT2D eigenvalue weighted by molar-refractivity contribution is 5.85. The fourth-order valence-electron chi connectivity index (χ4n) is 2.45. The Labute approximate surface area is 156 Å². The molecule has 0 radical (unpaired) electrons. The standard InChI is InChI=1S/C20H26N2O2.ClH/c1-3-16-9-7-8-12-18(16)24-19(17-10-5-4-6-11-17)20(23)22-14-13-15(2)21;/h4-12,15,19H,3,13-14,21H2,1-2H3,(H,22,23);1H. The van der Waals surface area contributed by atoms with E-state index in [1.54, 1.807) is 0 Å². The number of halogens is 1. The number of nitrogens with two attached hydrogens (primary N) is 1. The molecule has 2 aromatic rings. The Morgan fingerprint density at radius 2 is 1.76 bits per heavy atom. The number of nitrogens with one attached hydrogen (secondary N) is 1. The Balaban J connectivity index is 0.00000312. The number of carbonyl (C=O) groups is 1. The van der Waals surface area contributed by atoms with Crippen molar-refractivity contribution in [1.29, 1.82) is 0 Å². The average molecular weight is 363 g/mol. The second kappa shape index (κ2) is 10.7. The van der Waals surface area contributed by atoms with Crippen LogP contribution in [0.15, 0.2) is 54.6 Å². The minimum atomic E-state index is -0.674. The van der Waals surface area contributed by atoms with Crippen molar-refractivity contribution in [2.45, 2.75) is 38.8 Å². The molecule has 25 heavy (non-hydrogen) atoms. The minimum Gasteiger partial charge on any atom is -0.476 e. The van der Waals surface area contributed by atoms with E-state index in [1.807, 2.05) is 61.5 Å². The quantitative estimate of drug-likeness (QED) is 0.753. The summed E-state index contributed by atoms with van der Waals surface area (Å²) in [6.07, 6.45) is 0.912. The first-order valence-electron chi connectivity index (χ1n) is 8.44. The van der Waals surface area contributed by atoms with E-state index in [-0.39, 0.29) is 24.4 Å². The Morgan fingerprint density at radius 1 is 1.12 bits per heavy atom. The van der Waals surface area contributed by atoms with Crippen molar-refractivity contribution in [2.75, 3.05) is 6.54 Å². The van der Waals surface area contributed by atoms with Gasteiger partial charge in [0.05, 0.1) is 0 Å². The first kappa shape index (κ1) is 21.0. The van der Waals surface area contributed by atoms with Crippen molar-refractivity contribution < 1.29 is 9.53 Å². The van der Waals surface area contributed by atoms with Gasteiger partial charge < -0.3 is 15.8 Å².